The summed E-state index contributed by atoms with van der Waals surface area (Å²) >= 11 is 0. The minimum Gasteiger partial charge on any atom is -0.223 e. The third kappa shape index (κ3) is 2.33. The molecule has 14 heavy (non-hydrogen) atoms. The minimum atomic E-state index is -5.00. The Morgan fingerprint density at radius 1 is 1.00 bits per heavy atom. The lowest BCUT2D eigenvalue weighted by molar-refractivity contribution is -0.152. The summed E-state index contributed by atoms with van der Waals surface area (Å²) in [5, 5.41) is 0. The molecule has 0 spiro atoms. The largest absolute Gasteiger partial charge is 0.451 e. The summed E-state index contributed by atoms with van der Waals surface area (Å²) in [6.45, 7) is 0. The predicted molar refractivity (Wildman–Crippen MR) is 30.9 cm³/mol. The Balaban J connectivity index is 3.15. The predicted octanol–water partition coefficient (Wildman–Crippen LogP) is 2.31. The summed E-state index contributed by atoms with van der Waals surface area (Å²) in [6, 6.07) is 0.245. The van der Waals surface area contributed by atoms with E-state index in [-0.39, 0.29) is 6.07 Å². The van der Waals surface area contributed by atoms with Gasteiger partial charge in [0.15, 0.2) is 0 Å². The molecule has 0 aliphatic carbocycles. The van der Waals surface area contributed by atoms with Crippen molar-refractivity contribution >= 4 is 0 Å². The Labute approximate surface area is 73.6 Å². The first-order chi connectivity index (χ1) is 6.21. The van der Waals surface area contributed by atoms with E-state index in [2.05, 4.69) is 9.97 Å². The number of hydrogen-bond acceptors (Lipinski definition) is 2. The minimum absolute atomic E-state index is 0.245. The van der Waals surface area contributed by atoms with Crippen molar-refractivity contribution in [1.29, 1.82) is 0 Å². The van der Waals surface area contributed by atoms with Gasteiger partial charge in [-0.25, -0.2) is 9.97 Å². The number of hydrogen-bond donors (Lipinski definition) is 0. The molecule has 0 unspecified atom stereocenters. The van der Waals surface area contributed by atoms with E-state index in [4.69, 9.17) is 0 Å². The maximum atomic E-state index is 11.9. The van der Waals surface area contributed by atoms with Gasteiger partial charge in [-0.2, -0.15) is 26.3 Å². The fourth-order valence-corrected chi connectivity index (χ4v) is 0.598. The molecule has 1 aromatic rings. The highest BCUT2D eigenvalue weighted by Crippen LogP contribution is 2.30. The molecule has 0 saturated heterocycles. The van der Waals surface area contributed by atoms with Gasteiger partial charge in [0.25, 0.3) is 0 Å². The molecule has 1 radical (unpaired) electrons. The van der Waals surface area contributed by atoms with Crippen LogP contribution in [0, 0.1) is 6.20 Å². The molecule has 0 amide bonds. The van der Waals surface area contributed by atoms with E-state index in [1.54, 1.807) is 0 Å². The van der Waals surface area contributed by atoms with Gasteiger partial charge in [-0.05, 0) is 6.07 Å². The highest BCUT2D eigenvalue weighted by atomic mass is 19.4. The molecule has 8 heteroatoms. The third-order valence-electron chi connectivity index (χ3n) is 1.14. The molecule has 77 valence electrons. The van der Waals surface area contributed by atoms with Crippen LogP contribution in [-0.2, 0) is 12.4 Å². The van der Waals surface area contributed by atoms with Crippen LogP contribution >= 0.6 is 0 Å². The standard InChI is InChI=1S/C6HF6N2/c7-5(8,9)3-1-2-13-4(14-3)6(10,11)12/h1H. The number of halogens is 6. The van der Waals surface area contributed by atoms with Crippen LogP contribution in [-0.4, -0.2) is 9.97 Å². The van der Waals surface area contributed by atoms with Crippen molar-refractivity contribution in [2.75, 3.05) is 0 Å². The van der Waals surface area contributed by atoms with Crippen LogP contribution in [0.1, 0.15) is 11.5 Å². The first-order valence-electron chi connectivity index (χ1n) is 3.11. The molecular formula is C6HF6N2. The smallest absolute Gasteiger partial charge is 0.223 e. The van der Waals surface area contributed by atoms with Gasteiger partial charge in [0.2, 0.25) is 5.82 Å². The van der Waals surface area contributed by atoms with E-state index in [9.17, 15) is 26.3 Å². The van der Waals surface area contributed by atoms with Crippen LogP contribution < -0.4 is 0 Å². The SMILES string of the molecule is FC(F)(F)c1c[c]nc(C(F)(F)F)n1. The van der Waals surface area contributed by atoms with Gasteiger partial charge in [0.1, 0.15) is 5.69 Å². The average Bonchev–Trinajstić information content (AvgIpc) is 2.01. The fraction of sp³-hybridized carbons (Fsp3) is 0.333. The molecular weight excluding hydrogens is 214 g/mol. The molecule has 1 aromatic heterocycles. The number of aromatic nitrogens is 2. The summed E-state index contributed by atoms with van der Waals surface area (Å²) in [6.07, 6.45) is -8.44. The Bertz CT molecular complexity index is 299. The van der Waals surface area contributed by atoms with Crippen molar-refractivity contribution in [3.05, 3.63) is 23.8 Å². The normalized spacial score (nSPS) is 13.0. The number of rotatable bonds is 0. The van der Waals surface area contributed by atoms with Gasteiger partial charge in [-0.3, -0.25) is 0 Å². The zero-order valence-corrected chi connectivity index (χ0v) is 6.24. The molecule has 1 rings (SSSR count). The average molecular weight is 215 g/mol. The summed E-state index contributed by atoms with van der Waals surface area (Å²) in [5.74, 6) is -1.85. The lowest BCUT2D eigenvalue weighted by Crippen LogP contribution is -2.16. The van der Waals surface area contributed by atoms with E-state index in [1.165, 1.54) is 6.20 Å². The summed E-state index contributed by atoms with van der Waals surface area (Å²) in [4.78, 5) is 4.89. The lowest BCUT2D eigenvalue weighted by atomic mass is 10.4. The fourth-order valence-electron chi connectivity index (χ4n) is 0.598. The van der Waals surface area contributed by atoms with Crippen molar-refractivity contribution in [2.45, 2.75) is 12.4 Å². The first-order valence-corrected chi connectivity index (χ1v) is 3.11. The number of alkyl halides is 6. The van der Waals surface area contributed by atoms with E-state index < -0.39 is 23.9 Å². The highest BCUT2D eigenvalue weighted by Gasteiger charge is 2.39. The van der Waals surface area contributed by atoms with Gasteiger partial charge in [-0.15, -0.1) is 0 Å². The summed E-state index contributed by atoms with van der Waals surface area (Å²) in [7, 11) is 0. The lowest BCUT2D eigenvalue weighted by Gasteiger charge is -2.07. The molecule has 0 saturated carbocycles. The summed E-state index contributed by atoms with van der Waals surface area (Å²) < 4.78 is 71.2. The topological polar surface area (TPSA) is 25.8 Å². The highest BCUT2D eigenvalue weighted by molar-refractivity contribution is 5.06. The van der Waals surface area contributed by atoms with Crippen molar-refractivity contribution in [3.8, 4) is 0 Å². The molecule has 0 bridgehead atoms. The van der Waals surface area contributed by atoms with E-state index in [0.717, 1.165) is 0 Å². The second-order valence-electron chi connectivity index (χ2n) is 2.20. The maximum Gasteiger partial charge on any atom is 0.451 e. The van der Waals surface area contributed by atoms with Crippen LogP contribution in [0.3, 0.4) is 0 Å². The van der Waals surface area contributed by atoms with Crippen LogP contribution in [0.5, 0.6) is 0 Å². The van der Waals surface area contributed by atoms with Crippen molar-refractivity contribution in [1.82, 2.24) is 9.97 Å². The van der Waals surface area contributed by atoms with Gasteiger partial charge in [0.05, 0.1) is 6.20 Å². The van der Waals surface area contributed by atoms with E-state index in [1.807, 2.05) is 0 Å². The molecule has 0 aliphatic heterocycles. The molecule has 0 N–H and O–H groups in total. The van der Waals surface area contributed by atoms with E-state index in [0.29, 0.717) is 0 Å². The third-order valence-corrected chi connectivity index (χ3v) is 1.14. The number of nitrogens with zero attached hydrogens (tertiary/aromatic N) is 2. The van der Waals surface area contributed by atoms with Crippen LogP contribution in [0.25, 0.3) is 0 Å². The van der Waals surface area contributed by atoms with Gasteiger partial charge < -0.3 is 0 Å². The first kappa shape index (κ1) is 10.7. The van der Waals surface area contributed by atoms with Crippen LogP contribution in [0.2, 0.25) is 0 Å². The van der Waals surface area contributed by atoms with Gasteiger partial charge >= 0.3 is 12.4 Å². The molecule has 0 fully saturated rings. The Hall–Kier alpha value is -1.34. The second-order valence-corrected chi connectivity index (χ2v) is 2.20. The summed E-state index contributed by atoms with van der Waals surface area (Å²) in [5.41, 5.74) is -1.67. The zero-order valence-electron chi connectivity index (χ0n) is 6.24. The quantitative estimate of drug-likeness (QED) is 0.620. The molecule has 0 aliphatic rings. The Kier molecular flexibility index (Phi) is 2.38. The maximum absolute atomic E-state index is 11.9. The molecule has 1 heterocycles. The molecule has 2 nitrogen and oxygen atoms in total. The Morgan fingerprint density at radius 3 is 2.00 bits per heavy atom. The Morgan fingerprint density at radius 2 is 1.57 bits per heavy atom. The molecule has 0 aromatic carbocycles. The van der Waals surface area contributed by atoms with Crippen LogP contribution in [0.15, 0.2) is 6.07 Å². The second kappa shape index (κ2) is 3.10. The van der Waals surface area contributed by atoms with Crippen molar-refractivity contribution in [3.63, 3.8) is 0 Å². The van der Waals surface area contributed by atoms with Gasteiger partial charge in [-0.1, -0.05) is 0 Å². The molecule has 0 atom stereocenters. The monoisotopic (exact) mass is 215 g/mol. The van der Waals surface area contributed by atoms with Crippen LogP contribution in [0.4, 0.5) is 26.3 Å². The van der Waals surface area contributed by atoms with Gasteiger partial charge in [0, 0.05) is 0 Å². The van der Waals surface area contributed by atoms with E-state index >= 15 is 0 Å². The zero-order chi connectivity index (χ0) is 11.0. The van der Waals surface area contributed by atoms with Crippen molar-refractivity contribution in [2.24, 2.45) is 0 Å². The van der Waals surface area contributed by atoms with Crippen molar-refractivity contribution < 1.29 is 26.3 Å².